The lowest BCUT2D eigenvalue weighted by Crippen LogP contribution is -2.59. The zero-order valence-corrected chi connectivity index (χ0v) is 30.9. The number of hydrogen-bond acceptors (Lipinski definition) is 11. The van der Waals surface area contributed by atoms with Crippen LogP contribution in [0.1, 0.15) is 64.9 Å². The van der Waals surface area contributed by atoms with Gasteiger partial charge in [0.15, 0.2) is 5.96 Å². The number of hydrogen-bond donors (Lipinski definition) is 12. The molecule has 0 saturated heterocycles. The largest absolute Gasteiger partial charge is 0.508 e. The summed E-state index contributed by atoms with van der Waals surface area (Å²) in [5.74, 6) is -5.12. The van der Waals surface area contributed by atoms with Crippen LogP contribution in [0.2, 0.25) is 0 Å². The minimum atomic E-state index is -1.32. The lowest BCUT2D eigenvalue weighted by molar-refractivity contribution is -0.141. The minimum Gasteiger partial charge on any atom is -0.508 e. The number of phenols is 1. The van der Waals surface area contributed by atoms with Crippen LogP contribution in [0.3, 0.4) is 0 Å². The van der Waals surface area contributed by atoms with E-state index in [2.05, 4.69) is 44.2 Å². The van der Waals surface area contributed by atoms with Crippen molar-refractivity contribution in [2.45, 2.75) is 102 Å². The van der Waals surface area contributed by atoms with Crippen molar-refractivity contribution >= 4 is 54.1 Å². The van der Waals surface area contributed by atoms with Crippen LogP contribution in [0.15, 0.2) is 29.3 Å². The van der Waals surface area contributed by atoms with Gasteiger partial charge in [-0.25, -0.2) is 4.79 Å². The average Bonchev–Trinajstić information content (AvgIpc) is 3.07. The van der Waals surface area contributed by atoms with Crippen LogP contribution in [0.5, 0.6) is 5.75 Å². The van der Waals surface area contributed by atoms with E-state index in [1.165, 1.54) is 19.1 Å². The second kappa shape index (κ2) is 23.8. The Morgan fingerprint density at radius 1 is 0.750 bits per heavy atom. The number of carbonyl (C=O) groups excluding carboxylic acids is 5. The Bertz CT molecular complexity index is 1360. The molecule has 0 aromatic heterocycles. The number of benzene rings is 1. The molecule has 0 radical (unpaired) electrons. The number of nitrogens with one attached hydrogen (secondary N) is 5. The standard InChI is InChI=1S/C33H56N10O8S/c1-18(2)15-22(35)28(46)39-19(3)27(45)40-24(8-6-14-38-33(36)37)29(47)42-25(16-20-9-11-21(44)12-10-20)31(49)41-23(7-4-5-13-34)30(48)43-26(17-52)32(50)51/h9-12,18-19,22-26,44,52H,4-8,13-17,34-35H2,1-3H3,(H,39,46)(H,40,45)(H,41,49)(H,42,47)(H,43,48)(H,50,51)(H4,36,37,38)/t19-,22-,23-,24-,25-,26-/m0/s1. The van der Waals surface area contributed by atoms with Crippen molar-refractivity contribution in [1.29, 1.82) is 0 Å². The number of amides is 5. The molecule has 15 N–H and O–H groups in total. The molecule has 52 heavy (non-hydrogen) atoms. The summed E-state index contributed by atoms with van der Waals surface area (Å²) in [6.45, 7) is 5.68. The van der Waals surface area contributed by atoms with Gasteiger partial charge in [0.05, 0.1) is 6.04 Å². The molecule has 0 aliphatic carbocycles. The van der Waals surface area contributed by atoms with E-state index in [9.17, 15) is 39.0 Å². The number of aliphatic imine (C=N–C) groups is 1. The lowest BCUT2D eigenvalue weighted by Gasteiger charge is -2.27. The SMILES string of the molecule is CC(C)C[C@H](N)C(=O)N[C@@H](C)C(=O)N[C@@H](CCCN=C(N)N)C(=O)N[C@@H](Cc1ccc(O)cc1)C(=O)N[C@@H](CCCCN)C(=O)N[C@@H](CS)C(=O)O. The van der Waals surface area contributed by atoms with Crippen molar-refractivity contribution in [3.05, 3.63) is 29.8 Å². The molecule has 0 aliphatic rings. The normalized spacial score (nSPS) is 14.4. The predicted molar refractivity (Wildman–Crippen MR) is 199 cm³/mol. The summed E-state index contributed by atoms with van der Waals surface area (Å²) in [5, 5.41) is 32.0. The fourth-order valence-corrected chi connectivity index (χ4v) is 5.16. The Labute approximate surface area is 309 Å². The highest BCUT2D eigenvalue weighted by molar-refractivity contribution is 7.80. The van der Waals surface area contributed by atoms with Crippen LogP contribution in [0, 0.1) is 5.92 Å². The first-order chi connectivity index (χ1) is 24.5. The number of carboxylic acids is 1. The van der Waals surface area contributed by atoms with Crippen molar-refractivity contribution in [2.24, 2.45) is 33.8 Å². The van der Waals surface area contributed by atoms with Gasteiger partial charge < -0.3 is 59.7 Å². The van der Waals surface area contributed by atoms with Gasteiger partial charge in [0, 0.05) is 18.7 Å². The van der Waals surface area contributed by atoms with E-state index in [0.29, 0.717) is 31.4 Å². The van der Waals surface area contributed by atoms with Gasteiger partial charge in [0.25, 0.3) is 0 Å². The highest BCUT2D eigenvalue weighted by Crippen LogP contribution is 2.13. The van der Waals surface area contributed by atoms with E-state index >= 15 is 0 Å². The molecular weight excluding hydrogens is 696 g/mol. The molecule has 0 spiro atoms. The van der Waals surface area contributed by atoms with Crippen LogP contribution < -0.4 is 49.5 Å². The summed E-state index contributed by atoms with van der Waals surface area (Å²) in [6.07, 6.45) is 1.62. The summed E-state index contributed by atoms with van der Waals surface area (Å²) in [4.78, 5) is 82.1. The molecule has 0 saturated carbocycles. The van der Waals surface area contributed by atoms with Crippen molar-refractivity contribution in [3.8, 4) is 5.75 Å². The van der Waals surface area contributed by atoms with Gasteiger partial charge in [-0.1, -0.05) is 26.0 Å². The number of carbonyl (C=O) groups is 6. The molecule has 0 fully saturated rings. The molecule has 1 aromatic carbocycles. The van der Waals surface area contributed by atoms with E-state index in [-0.39, 0.29) is 55.6 Å². The molecule has 0 heterocycles. The van der Waals surface area contributed by atoms with Crippen molar-refractivity contribution in [2.75, 3.05) is 18.8 Å². The second-order valence-electron chi connectivity index (χ2n) is 12.8. The summed E-state index contributed by atoms with van der Waals surface area (Å²) < 4.78 is 0. The molecular formula is C33H56N10O8S. The summed E-state index contributed by atoms with van der Waals surface area (Å²) in [5.41, 5.74) is 22.9. The molecule has 19 heteroatoms. The summed E-state index contributed by atoms with van der Waals surface area (Å²) in [7, 11) is 0. The second-order valence-corrected chi connectivity index (χ2v) is 13.2. The molecule has 6 atom stereocenters. The Morgan fingerprint density at radius 2 is 1.27 bits per heavy atom. The van der Waals surface area contributed by atoms with Crippen molar-refractivity contribution in [1.82, 2.24) is 26.6 Å². The minimum absolute atomic E-state index is 0.0276. The zero-order valence-electron chi connectivity index (χ0n) is 30.0. The number of aromatic hydroxyl groups is 1. The van der Waals surface area contributed by atoms with Gasteiger partial charge in [0.2, 0.25) is 29.5 Å². The number of nitrogens with zero attached hydrogens (tertiary/aromatic N) is 1. The Kier molecular flexibility index (Phi) is 20.8. The van der Waals surface area contributed by atoms with Crippen molar-refractivity contribution < 1.29 is 39.0 Å². The average molecular weight is 753 g/mol. The maximum absolute atomic E-state index is 13.8. The summed E-state index contributed by atoms with van der Waals surface area (Å²) in [6, 6.07) is -1.10. The zero-order chi connectivity index (χ0) is 39.4. The van der Waals surface area contributed by atoms with Gasteiger partial charge in [-0.3, -0.25) is 29.0 Å². The third kappa shape index (κ3) is 17.5. The predicted octanol–water partition coefficient (Wildman–Crippen LogP) is -2.05. The maximum atomic E-state index is 13.8. The first kappa shape index (κ1) is 45.4. The molecule has 1 rings (SSSR count). The fraction of sp³-hybridized carbons (Fsp3) is 0.606. The lowest BCUT2D eigenvalue weighted by atomic mass is 10.0. The molecule has 0 aliphatic heterocycles. The van der Waals surface area contributed by atoms with E-state index in [0.717, 1.165) is 0 Å². The highest BCUT2D eigenvalue weighted by atomic mass is 32.1. The number of phenolic OH excluding ortho intramolecular Hbond substituents is 1. The number of thiol groups is 1. The fourth-order valence-electron chi connectivity index (χ4n) is 4.91. The first-order valence-corrected chi connectivity index (χ1v) is 17.8. The van der Waals surface area contributed by atoms with Gasteiger partial charge >= 0.3 is 5.97 Å². The number of guanidine groups is 1. The van der Waals surface area contributed by atoms with E-state index in [1.54, 1.807) is 12.1 Å². The Balaban J connectivity index is 3.36. The quantitative estimate of drug-likeness (QED) is 0.0235. The van der Waals surface area contributed by atoms with Gasteiger partial charge in [-0.15, -0.1) is 0 Å². The Morgan fingerprint density at radius 3 is 1.79 bits per heavy atom. The molecule has 0 bridgehead atoms. The smallest absolute Gasteiger partial charge is 0.327 e. The van der Waals surface area contributed by atoms with E-state index in [4.69, 9.17) is 22.9 Å². The third-order valence-electron chi connectivity index (χ3n) is 7.78. The van der Waals surface area contributed by atoms with Gasteiger partial charge in [-0.2, -0.15) is 12.6 Å². The number of unbranched alkanes of at least 4 members (excludes halogenated alkanes) is 1. The number of carboxylic acid groups (broad SMARTS) is 1. The van der Waals surface area contributed by atoms with Crippen LogP contribution in [0.25, 0.3) is 0 Å². The molecule has 1 aromatic rings. The third-order valence-corrected chi connectivity index (χ3v) is 8.14. The number of rotatable bonds is 24. The van der Waals surface area contributed by atoms with Crippen LogP contribution in [-0.4, -0.2) is 107 Å². The van der Waals surface area contributed by atoms with Gasteiger partial charge in [-0.05, 0) is 75.6 Å². The van der Waals surface area contributed by atoms with Crippen LogP contribution in [-0.2, 0) is 35.2 Å². The van der Waals surface area contributed by atoms with E-state index < -0.39 is 71.8 Å². The van der Waals surface area contributed by atoms with Crippen LogP contribution >= 0.6 is 12.6 Å². The maximum Gasteiger partial charge on any atom is 0.327 e. The van der Waals surface area contributed by atoms with Crippen molar-refractivity contribution in [3.63, 3.8) is 0 Å². The molecule has 18 nitrogen and oxygen atoms in total. The monoisotopic (exact) mass is 752 g/mol. The summed E-state index contributed by atoms with van der Waals surface area (Å²) >= 11 is 3.98. The van der Waals surface area contributed by atoms with Gasteiger partial charge in [0.1, 0.15) is 36.0 Å². The van der Waals surface area contributed by atoms with E-state index in [1.807, 2.05) is 13.8 Å². The topological polar surface area (TPSA) is 319 Å². The molecule has 0 unspecified atom stereocenters. The number of aliphatic carboxylic acids is 1. The Hall–Kier alpha value is -4.62. The number of nitrogens with two attached hydrogens (primary N) is 4. The first-order valence-electron chi connectivity index (χ1n) is 17.1. The van der Waals surface area contributed by atoms with Crippen LogP contribution in [0.4, 0.5) is 0 Å². The molecule has 5 amide bonds. The molecule has 292 valence electrons. The highest BCUT2D eigenvalue weighted by Gasteiger charge is 2.32.